The Morgan fingerprint density at radius 2 is 2.15 bits per heavy atom. The van der Waals surface area contributed by atoms with Gasteiger partial charge in [-0.1, -0.05) is 29.8 Å². The van der Waals surface area contributed by atoms with Crippen LogP contribution in [0.3, 0.4) is 0 Å². The van der Waals surface area contributed by atoms with Crippen LogP contribution in [0.2, 0.25) is 0 Å². The van der Waals surface area contributed by atoms with Gasteiger partial charge in [-0.2, -0.15) is 0 Å². The molecule has 1 saturated heterocycles. The molecule has 1 aliphatic heterocycles. The molecule has 2 atom stereocenters. The van der Waals surface area contributed by atoms with Crippen LogP contribution in [0.4, 0.5) is 9.18 Å². The van der Waals surface area contributed by atoms with Crippen molar-refractivity contribution in [2.75, 3.05) is 19.6 Å². The zero-order valence-electron chi connectivity index (χ0n) is 11.7. The summed E-state index contributed by atoms with van der Waals surface area (Å²) < 4.78 is 19.0. The molecule has 4 nitrogen and oxygen atoms in total. The van der Waals surface area contributed by atoms with E-state index in [1.54, 1.807) is 0 Å². The van der Waals surface area contributed by atoms with Crippen molar-refractivity contribution in [3.63, 3.8) is 0 Å². The molecule has 1 heterocycles. The number of carbonyl (C=O) groups excluding carboxylic acids is 1. The molecule has 2 N–H and O–H groups in total. The average Bonchev–Trinajstić information content (AvgIpc) is 2.46. The monoisotopic (exact) mass is 280 g/mol. The van der Waals surface area contributed by atoms with Crippen molar-refractivity contribution >= 4 is 6.09 Å². The van der Waals surface area contributed by atoms with Crippen LogP contribution >= 0.6 is 0 Å². The lowest BCUT2D eigenvalue weighted by molar-refractivity contribution is 0.0536. The zero-order chi connectivity index (χ0) is 14.5. The van der Waals surface area contributed by atoms with E-state index in [0.717, 1.165) is 11.1 Å². The number of nitrogens with two attached hydrogens (primary N) is 1. The molecule has 1 aliphatic rings. The number of halogens is 1. The molecule has 5 heteroatoms. The molecule has 1 aromatic rings. The van der Waals surface area contributed by atoms with Gasteiger partial charge in [-0.3, -0.25) is 0 Å². The first kappa shape index (κ1) is 14.8. The smallest absolute Gasteiger partial charge is 0.410 e. The predicted octanol–water partition coefficient (Wildman–Crippen LogP) is 2.25. The second-order valence-corrected chi connectivity index (χ2v) is 5.29. The number of hydrogen-bond donors (Lipinski definition) is 1. The fourth-order valence-electron chi connectivity index (χ4n) is 2.31. The van der Waals surface area contributed by atoms with Gasteiger partial charge in [-0.25, -0.2) is 9.18 Å². The number of benzene rings is 1. The van der Waals surface area contributed by atoms with Crippen LogP contribution in [0, 0.1) is 12.8 Å². The number of amides is 1. The quantitative estimate of drug-likeness (QED) is 0.924. The number of alkyl halides is 1. The summed E-state index contributed by atoms with van der Waals surface area (Å²) in [7, 11) is 0. The number of aryl methyl sites for hydroxylation is 1. The number of carbonyl (C=O) groups is 1. The number of ether oxygens (including phenoxy) is 1. The van der Waals surface area contributed by atoms with Gasteiger partial charge >= 0.3 is 6.09 Å². The summed E-state index contributed by atoms with van der Waals surface area (Å²) in [6, 6.07) is 7.77. The van der Waals surface area contributed by atoms with Gasteiger partial charge in [0, 0.05) is 12.5 Å². The molecule has 1 aromatic carbocycles. The zero-order valence-corrected chi connectivity index (χ0v) is 11.7. The highest BCUT2D eigenvalue weighted by Gasteiger charge is 2.31. The minimum Gasteiger partial charge on any atom is -0.445 e. The Morgan fingerprint density at radius 3 is 2.75 bits per heavy atom. The molecular weight excluding hydrogens is 259 g/mol. The highest BCUT2D eigenvalue weighted by atomic mass is 19.1. The van der Waals surface area contributed by atoms with E-state index in [4.69, 9.17) is 10.5 Å². The largest absolute Gasteiger partial charge is 0.445 e. The van der Waals surface area contributed by atoms with Crippen molar-refractivity contribution in [3.05, 3.63) is 35.4 Å². The fraction of sp³-hybridized carbons (Fsp3) is 0.533. The fourth-order valence-corrected chi connectivity index (χ4v) is 2.31. The highest BCUT2D eigenvalue weighted by Crippen LogP contribution is 2.20. The molecule has 0 radical (unpaired) electrons. The summed E-state index contributed by atoms with van der Waals surface area (Å²) in [6.07, 6.45) is -0.915. The highest BCUT2D eigenvalue weighted by molar-refractivity contribution is 5.67. The van der Waals surface area contributed by atoms with Crippen molar-refractivity contribution in [1.82, 2.24) is 4.90 Å². The first-order chi connectivity index (χ1) is 9.60. The number of nitrogens with zero attached hydrogens (tertiary/aromatic N) is 1. The topological polar surface area (TPSA) is 55.6 Å². The Bertz CT molecular complexity index is 450. The van der Waals surface area contributed by atoms with Gasteiger partial charge in [-0.05, 0) is 25.5 Å². The van der Waals surface area contributed by atoms with E-state index < -0.39 is 12.3 Å². The Balaban J connectivity index is 1.82. The summed E-state index contributed by atoms with van der Waals surface area (Å²) in [5.41, 5.74) is 7.57. The van der Waals surface area contributed by atoms with Crippen LogP contribution in [0.5, 0.6) is 0 Å². The second-order valence-electron chi connectivity index (χ2n) is 5.29. The lowest BCUT2D eigenvalue weighted by Crippen LogP contribution is -2.46. The maximum atomic E-state index is 13.7. The van der Waals surface area contributed by atoms with Gasteiger partial charge in [0.15, 0.2) is 0 Å². The lowest BCUT2D eigenvalue weighted by Gasteiger charge is -2.33. The number of piperidine rings is 1. The lowest BCUT2D eigenvalue weighted by atomic mass is 9.95. The normalized spacial score (nSPS) is 22.6. The molecule has 110 valence electrons. The molecule has 1 fully saturated rings. The molecule has 0 unspecified atom stereocenters. The van der Waals surface area contributed by atoms with Crippen LogP contribution in [0.25, 0.3) is 0 Å². The predicted molar refractivity (Wildman–Crippen MR) is 75.0 cm³/mol. The van der Waals surface area contributed by atoms with Gasteiger partial charge in [0.25, 0.3) is 0 Å². The van der Waals surface area contributed by atoms with Gasteiger partial charge in [0.1, 0.15) is 12.8 Å². The number of rotatable bonds is 3. The Hall–Kier alpha value is -1.62. The maximum absolute atomic E-state index is 13.7. The Kier molecular flexibility index (Phi) is 4.95. The van der Waals surface area contributed by atoms with E-state index >= 15 is 0 Å². The molecule has 0 aliphatic carbocycles. The van der Waals surface area contributed by atoms with Gasteiger partial charge in [0.05, 0.1) is 6.54 Å². The minimum atomic E-state index is -1.05. The van der Waals surface area contributed by atoms with Crippen molar-refractivity contribution < 1.29 is 13.9 Å². The van der Waals surface area contributed by atoms with E-state index in [2.05, 4.69) is 0 Å². The summed E-state index contributed by atoms with van der Waals surface area (Å²) in [5, 5.41) is 0. The van der Waals surface area contributed by atoms with Crippen LogP contribution < -0.4 is 5.73 Å². The second kappa shape index (κ2) is 6.70. The minimum absolute atomic E-state index is 0.0780. The number of likely N-dealkylation sites (tertiary alicyclic amines) is 1. The third-order valence-corrected chi connectivity index (χ3v) is 3.72. The van der Waals surface area contributed by atoms with E-state index in [0.29, 0.717) is 19.5 Å². The van der Waals surface area contributed by atoms with E-state index in [1.807, 2.05) is 31.2 Å². The van der Waals surface area contributed by atoms with E-state index in [1.165, 1.54) is 4.90 Å². The van der Waals surface area contributed by atoms with Crippen LogP contribution in [0.1, 0.15) is 17.5 Å². The standard InChI is InChI=1S/C15H21FN2O2/c1-11-2-4-12(5-3-11)10-20-15(19)18-7-6-13(8-17)14(16)9-18/h2-5,13-14H,6-10,17H2,1H3/t13-,14+/m0/s1. The van der Waals surface area contributed by atoms with E-state index in [9.17, 15) is 9.18 Å². The van der Waals surface area contributed by atoms with Crippen LogP contribution in [-0.4, -0.2) is 36.8 Å². The number of hydrogen-bond acceptors (Lipinski definition) is 3. The van der Waals surface area contributed by atoms with Crippen molar-refractivity contribution in [3.8, 4) is 0 Å². The summed E-state index contributed by atoms with van der Waals surface area (Å²) >= 11 is 0. The van der Waals surface area contributed by atoms with Crippen LogP contribution in [0.15, 0.2) is 24.3 Å². The Labute approximate surface area is 118 Å². The van der Waals surface area contributed by atoms with Gasteiger partial charge in [0.2, 0.25) is 0 Å². The molecule has 0 saturated carbocycles. The molecule has 0 aromatic heterocycles. The third-order valence-electron chi connectivity index (χ3n) is 3.72. The summed E-state index contributed by atoms with van der Waals surface area (Å²) in [6.45, 7) is 3.13. The molecule has 0 bridgehead atoms. The van der Waals surface area contributed by atoms with Crippen LogP contribution in [-0.2, 0) is 11.3 Å². The molecule has 1 amide bonds. The summed E-state index contributed by atoms with van der Waals surface area (Å²) in [5.74, 6) is -0.142. The van der Waals surface area contributed by atoms with E-state index in [-0.39, 0.29) is 19.1 Å². The maximum Gasteiger partial charge on any atom is 0.410 e. The third kappa shape index (κ3) is 3.70. The molecular formula is C15H21FN2O2. The van der Waals surface area contributed by atoms with Crippen molar-refractivity contribution in [1.29, 1.82) is 0 Å². The van der Waals surface area contributed by atoms with Gasteiger partial charge in [-0.15, -0.1) is 0 Å². The Morgan fingerprint density at radius 1 is 1.45 bits per heavy atom. The SMILES string of the molecule is Cc1ccc(COC(=O)N2CC[C@@H](CN)[C@H](F)C2)cc1. The molecule has 0 spiro atoms. The van der Waals surface area contributed by atoms with Crippen molar-refractivity contribution in [2.24, 2.45) is 11.7 Å². The summed E-state index contributed by atoms with van der Waals surface area (Å²) in [4.78, 5) is 13.3. The molecule has 2 rings (SSSR count). The first-order valence-electron chi connectivity index (χ1n) is 6.91. The average molecular weight is 280 g/mol. The first-order valence-corrected chi connectivity index (χ1v) is 6.91. The van der Waals surface area contributed by atoms with Crippen molar-refractivity contribution in [2.45, 2.75) is 26.1 Å². The molecule has 20 heavy (non-hydrogen) atoms. The van der Waals surface area contributed by atoms with Gasteiger partial charge < -0.3 is 15.4 Å².